The minimum Gasteiger partial charge on any atom is -0.486 e. The van der Waals surface area contributed by atoms with Crippen molar-refractivity contribution in [2.75, 3.05) is 33.4 Å². The molecule has 0 radical (unpaired) electrons. The molecule has 154 valence electrons. The van der Waals surface area contributed by atoms with Crippen molar-refractivity contribution < 1.29 is 28.5 Å². The zero-order chi connectivity index (χ0) is 20.2. The van der Waals surface area contributed by atoms with Gasteiger partial charge in [0.15, 0.2) is 0 Å². The SMILES string of the molecule is COC(=O)c1ccc(OC2CO[C@H]3CN(C(=O)Cn4cccn4)C[C@@H]3OC2)cc1. The van der Waals surface area contributed by atoms with Gasteiger partial charge in [0.25, 0.3) is 0 Å². The molecule has 1 aromatic heterocycles. The highest BCUT2D eigenvalue weighted by molar-refractivity contribution is 5.89. The summed E-state index contributed by atoms with van der Waals surface area (Å²) in [5.74, 6) is 0.225. The van der Waals surface area contributed by atoms with Crippen LogP contribution in [0.3, 0.4) is 0 Å². The summed E-state index contributed by atoms with van der Waals surface area (Å²) in [5.41, 5.74) is 0.461. The van der Waals surface area contributed by atoms with Crippen LogP contribution in [0.4, 0.5) is 0 Å². The van der Waals surface area contributed by atoms with E-state index in [-0.39, 0.29) is 30.8 Å². The number of aromatic nitrogens is 2. The third-order valence-corrected chi connectivity index (χ3v) is 5.00. The second-order valence-electron chi connectivity index (χ2n) is 7.00. The van der Waals surface area contributed by atoms with Crippen LogP contribution in [0.15, 0.2) is 42.7 Å². The van der Waals surface area contributed by atoms with Crippen molar-refractivity contribution in [2.24, 2.45) is 0 Å². The lowest BCUT2D eigenvalue weighted by molar-refractivity contribution is -0.132. The van der Waals surface area contributed by atoms with Crippen LogP contribution < -0.4 is 4.74 Å². The fraction of sp³-hybridized carbons (Fsp3) is 0.450. The van der Waals surface area contributed by atoms with Crippen molar-refractivity contribution >= 4 is 11.9 Å². The van der Waals surface area contributed by atoms with Crippen molar-refractivity contribution in [1.29, 1.82) is 0 Å². The van der Waals surface area contributed by atoms with Crippen LogP contribution >= 0.6 is 0 Å². The van der Waals surface area contributed by atoms with E-state index in [1.54, 1.807) is 52.3 Å². The van der Waals surface area contributed by atoms with Gasteiger partial charge in [0.05, 0.1) is 25.9 Å². The fourth-order valence-electron chi connectivity index (χ4n) is 3.46. The molecule has 0 aliphatic carbocycles. The average Bonchev–Trinajstić information content (AvgIpc) is 3.36. The van der Waals surface area contributed by atoms with Gasteiger partial charge in [-0.3, -0.25) is 9.48 Å². The lowest BCUT2D eigenvalue weighted by atomic mass is 10.2. The van der Waals surface area contributed by atoms with E-state index < -0.39 is 5.97 Å². The molecule has 2 aliphatic rings. The number of methoxy groups -OCH3 is 1. The number of carbonyl (C=O) groups excluding carboxylic acids is 2. The van der Waals surface area contributed by atoms with Gasteiger partial charge in [-0.25, -0.2) is 4.79 Å². The van der Waals surface area contributed by atoms with Gasteiger partial charge in [0, 0.05) is 25.5 Å². The molecule has 2 saturated heterocycles. The van der Waals surface area contributed by atoms with Gasteiger partial charge in [-0.05, 0) is 30.3 Å². The number of likely N-dealkylation sites (tertiary alicyclic amines) is 1. The minimum atomic E-state index is -0.392. The summed E-state index contributed by atoms with van der Waals surface area (Å²) >= 11 is 0. The number of ether oxygens (including phenoxy) is 4. The summed E-state index contributed by atoms with van der Waals surface area (Å²) in [6.45, 7) is 1.92. The molecule has 0 unspecified atom stereocenters. The number of hydrogen-bond donors (Lipinski definition) is 0. The minimum absolute atomic E-state index is 0.00697. The molecule has 29 heavy (non-hydrogen) atoms. The summed E-state index contributed by atoms with van der Waals surface area (Å²) in [5, 5.41) is 4.07. The highest BCUT2D eigenvalue weighted by atomic mass is 16.6. The van der Waals surface area contributed by atoms with Crippen molar-refractivity contribution in [3.8, 4) is 5.75 Å². The summed E-state index contributed by atoms with van der Waals surface area (Å²) in [6.07, 6.45) is 2.80. The second-order valence-corrected chi connectivity index (χ2v) is 7.00. The van der Waals surface area contributed by atoms with Gasteiger partial charge < -0.3 is 23.8 Å². The lowest BCUT2D eigenvalue weighted by Gasteiger charge is -2.19. The van der Waals surface area contributed by atoms with E-state index in [0.29, 0.717) is 37.6 Å². The van der Waals surface area contributed by atoms with Crippen LogP contribution in [0, 0.1) is 0 Å². The van der Waals surface area contributed by atoms with E-state index in [4.69, 9.17) is 14.2 Å². The number of amides is 1. The van der Waals surface area contributed by atoms with Crippen LogP contribution in [0.2, 0.25) is 0 Å². The molecule has 2 fully saturated rings. The molecule has 2 aromatic rings. The number of hydrogen-bond acceptors (Lipinski definition) is 7. The first kappa shape index (κ1) is 19.4. The van der Waals surface area contributed by atoms with Gasteiger partial charge >= 0.3 is 5.97 Å². The Balaban J connectivity index is 1.28. The maximum Gasteiger partial charge on any atom is 0.337 e. The van der Waals surface area contributed by atoms with Crippen LogP contribution in [0.25, 0.3) is 0 Å². The third kappa shape index (κ3) is 4.57. The first-order valence-electron chi connectivity index (χ1n) is 9.46. The molecule has 0 spiro atoms. The molecule has 9 heteroatoms. The third-order valence-electron chi connectivity index (χ3n) is 5.00. The van der Waals surface area contributed by atoms with Crippen molar-refractivity contribution in [3.05, 3.63) is 48.3 Å². The standard InChI is InChI=1S/C20H23N3O6/c1-26-20(25)14-3-5-15(6-4-14)29-16-12-27-17-9-22(10-18(17)28-13-16)19(24)11-23-8-2-7-21-23/h2-8,16-18H,9-13H2,1H3/t17-,18-/m0/s1. The van der Waals surface area contributed by atoms with Gasteiger partial charge in [-0.2, -0.15) is 5.10 Å². The molecule has 0 bridgehead atoms. The molecule has 9 nitrogen and oxygen atoms in total. The molecule has 2 aliphatic heterocycles. The Morgan fingerprint density at radius 2 is 1.83 bits per heavy atom. The molecule has 1 aromatic carbocycles. The average molecular weight is 401 g/mol. The van der Waals surface area contributed by atoms with Gasteiger partial charge in [-0.15, -0.1) is 0 Å². The first-order chi connectivity index (χ1) is 14.1. The zero-order valence-electron chi connectivity index (χ0n) is 16.1. The van der Waals surface area contributed by atoms with E-state index in [0.717, 1.165) is 0 Å². The molecule has 4 rings (SSSR count). The predicted molar refractivity (Wildman–Crippen MR) is 100 cm³/mol. The zero-order valence-corrected chi connectivity index (χ0v) is 16.1. The van der Waals surface area contributed by atoms with E-state index in [9.17, 15) is 9.59 Å². The quantitative estimate of drug-likeness (QED) is 0.683. The van der Waals surface area contributed by atoms with E-state index >= 15 is 0 Å². The number of rotatable bonds is 5. The molecule has 1 amide bonds. The Hall–Kier alpha value is -2.91. The van der Waals surface area contributed by atoms with Gasteiger partial charge in [0.1, 0.15) is 30.6 Å². The normalized spacial score (nSPS) is 22.0. The predicted octanol–water partition coefficient (Wildman–Crippen LogP) is 0.743. The second kappa shape index (κ2) is 8.62. The molecule has 0 saturated carbocycles. The first-order valence-corrected chi connectivity index (χ1v) is 9.46. The smallest absolute Gasteiger partial charge is 0.337 e. The maximum absolute atomic E-state index is 12.4. The Morgan fingerprint density at radius 3 is 2.41 bits per heavy atom. The highest BCUT2D eigenvalue weighted by Crippen LogP contribution is 2.23. The Morgan fingerprint density at radius 1 is 1.14 bits per heavy atom. The topological polar surface area (TPSA) is 92.1 Å². The lowest BCUT2D eigenvalue weighted by Crippen LogP contribution is -2.35. The summed E-state index contributed by atoms with van der Waals surface area (Å²) in [6, 6.07) is 8.52. The number of esters is 1. The van der Waals surface area contributed by atoms with E-state index in [1.165, 1.54) is 7.11 Å². The van der Waals surface area contributed by atoms with Crippen LogP contribution in [-0.4, -0.2) is 78.3 Å². The largest absolute Gasteiger partial charge is 0.486 e. The Labute approximate surface area is 168 Å². The van der Waals surface area contributed by atoms with Crippen molar-refractivity contribution in [3.63, 3.8) is 0 Å². The molecule has 3 heterocycles. The summed E-state index contributed by atoms with van der Waals surface area (Å²) in [7, 11) is 1.34. The number of fused-ring (bicyclic) bond motifs is 1. The van der Waals surface area contributed by atoms with Crippen molar-refractivity contribution in [2.45, 2.75) is 24.9 Å². The fourth-order valence-corrected chi connectivity index (χ4v) is 3.46. The van der Waals surface area contributed by atoms with Gasteiger partial charge in [-0.1, -0.05) is 0 Å². The number of carbonyl (C=O) groups is 2. The van der Waals surface area contributed by atoms with Crippen LogP contribution in [0.5, 0.6) is 5.75 Å². The Bertz CT molecular complexity index is 822. The number of benzene rings is 1. The summed E-state index contributed by atoms with van der Waals surface area (Å²) < 4.78 is 24.1. The van der Waals surface area contributed by atoms with E-state index in [1.807, 2.05) is 0 Å². The maximum atomic E-state index is 12.4. The molecular formula is C20H23N3O6. The molecular weight excluding hydrogens is 378 g/mol. The van der Waals surface area contributed by atoms with Crippen LogP contribution in [-0.2, 0) is 25.5 Å². The highest BCUT2D eigenvalue weighted by Gasteiger charge is 2.39. The molecule has 2 atom stereocenters. The Kier molecular flexibility index (Phi) is 5.77. The number of nitrogens with zero attached hydrogens (tertiary/aromatic N) is 3. The summed E-state index contributed by atoms with van der Waals surface area (Å²) in [4.78, 5) is 25.7. The van der Waals surface area contributed by atoms with Gasteiger partial charge in [0.2, 0.25) is 5.91 Å². The van der Waals surface area contributed by atoms with E-state index in [2.05, 4.69) is 9.84 Å². The van der Waals surface area contributed by atoms with Crippen molar-refractivity contribution in [1.82, 2.24) is 14.7 Å². The van der Waals surface area contributed by atoms with Crippen LogP contribution in [0.1, 0.15) is 10.4 Å². The monoisotopic (exact) mass is 401 g/mol. The molecule has 0 N–H and O–H groups in total.